The molecule has 0 unspecified atom stereocenters. The lowest BCUT2D eigenvalue weighted by Gasteiger charge is -2.12. The molecule has 0 bridgehead atoms. The fourth-order valence-corrected chi connectivity index (χ4v) is 3.95. The van der Waals surface area contributed by atoms with Gasteiger partial charge in [0.15, 0.2) is 0 Å². The Bertz CT molecular complexity index is 888. The zero-order valence-corrected chi connectivity index (χ0v) is 16.1. The van der Waals surface area contributed by atoms with Crippen molar-refractivity contribution in [2.75, 3.05) is 5.32 Å². The Kier molecular flexibility index (Phi) is 5.87. The Morgan fingerprint density at radius 1 is 1.04 bits per heavy atom. The molecule has 5 nitrogen and oxygen atoms in total. The summed E-state index contributed by atoms with van der Waals surface area (Å²) >= 11 is 6.10. The first-order valence-corrected chi connectivity index (χ1v) is 9.66. The van der Waals surface area contributed by atoms with Crippen molar-refractivity contribution in [1.29, 1.82) is 0 Å². The third-order valence-corrected chi connectivity index (χ3v) is 5.35. The fourth-order valence-electron chi connectivity index (χ4n) is 2.47. The summed E-state index contributed by atoms with van der Waals surface area (Å²) in [4.78, 5) is 12.5. The summed E-state index contributed by atoms with van der Waals surface area (Å²) in [6.07, 6.45) is 0. The van der Waals surface area contributed by atoms with E-state index in [2.05, 4.69) is 10.0 Å². The molecular formula is C18H21ClN2O3S. The molecule has 0 aliphatic carbocycles. The van der Waals surface area contributed by atoms with E-state index in [4.69, 9.17) is 11.6 Å². The SMILES string of the molecule is Cc1cc(C)cc(NC(=O)c2cc(S(=O)(=O)NC(C)C)ccc2Cl)c1. The van der Waals surface area contributed by atoms with Crippen LogP contribution in [0.15, 0.2) is 41.3 Å². The minimum atomic E-state index is -3.71. The number of aryl methyl sites for hydroxylation is 2. The van der Waals surface area contributed by atoms with E-state index in [9.17, 15) is 13.2 Å². The van der Waals surface area contributed by atoms with Gasteiger partial charge in [-0.15, -0.1) is 0 Å². The van der Waals surface area contributed by atoms with Crippen LogP contribution in [0.1, 0.15) is 35.3 Å². The Morgan fingerprint density at radius 2 is 1.64 bits per heavy atom. The summed E-state index contributed by atoms with van der Waals surface area (Å²) in [5, 5.41) is 2.95. The average Bonchev–Trinajstić information content (AvgIpc) is 2.44. The molecule has 0 heterocycles. The molecule has 2 aromatic carbocycles. The van der Waals surface area contributed by atoms with Gasteiger partial charge in [0.2, 0.25) is 10.0 Å². The maximum absolute atomic E-state index is 12.5. The molecule has 0 radical (unpaired) electrons. The molecule has 2 N–H and O–H groups in total. The molecule has 25 heavy (non-hydrogen) atoms. The Labute approximate surface area is 153 Å². The Balaban J connectivity index is 2.35. The zero-order chi connectivity index (χ0) is 18.8. The number of amides is 1. The first kappa shape index (κ1) is 19.4. The second-order valence-corrected chi connectivity index (χ2v) is 8.37. The van der Waals surface area contributed by atoms with E-state index in [1.165, 1.54) is 18.2 Å². The molecule has 0 aliphatic rings. The van der Waals surface area contributed by atoms with Gasteiger partial charge in [0.05, 0.1) is 15.5 Å². The maximum Gasteiger partial charge on any atom is 0.257 e. The highest BCUT2D eigenvalue weighted by atomic mass is 35.5. The van der Waals surface area contributed by atoms with Crippen LogP contribution in [0.2, 0.25) is 5.02 Å². The molecule has 0 saturated carbocycles. The number of hydrogen-bond donors (Lipinski definition) is 2. The molecule has 0 spiro atoms. The quantitative estimate of drug-likeness (QED) is 0.826. The Morgan fingerprint density at radius 3 is 2.20 bits per heavy atom. The molecule has 0 saturated heterocycles. The molecule has 2 aromatic rings. The molecule has 2 rings (SSSR count). The van der Waals surface area contributed by atoms with Gasteiger partial charge < -0.3 is 5.32 Å². The maximum atomic E-state index is 12.5. The van der Waals surface area contributed by atoms with Gasteiger partial charge in [-0.1, -0.05) is 17.7 Å². The number of nitrogens with one attached hydrogen (secondary N) is 2. The molecular weight excluding hydrogens is 360 g/mol. The number of halogens is 1. The van der Waals surface area contributed by atoms with Gasteiger partial charge in [0.25, 0.3) is 5.91 Å². The van der Waals surface area contributed by atoms with Crippen LogP contribution in [-0.4, -0.2) is 20.4 Å². The number of benzene rings is 2. The highest BCUT2D eigenvalue weighted by molar-refractivity contribution is 7.89. The number of carbonyl (C=O) groups excluding carboxylic acids is 1. The van der Waals surface area contributed by atoms with Crippen molar-refractivity contribution in [1.82, 2.24) is 4.72 Å². The van der Waals surface area contributed by atoms with E-state index in [0.29, 0.717) is 5.69 Å². The van der Waals surface area contributed by atoms with Crippen molar-refractivity contribution in [3.05, 3.63) is 58.1 Å². The largest absolute Gasteiger partial charge is 0.322 e. The van der Waals surface area contributed by atoms with Gasteiger partial charge in [-0.2, -0.15) is 0 Å². The van der Waals surface area contributed by atoms with E-state index >= 15 is 0 Å². The van der Waals surface area contributed by atoms with Crippen molar-refractivity contribution in [2.45, 2.75) is 38.6 Å². The second-order valence-electron chi connectivity index (χ2n) is 6.25. The van der Waals surface area contributed by atoms with E-state index in [1.807, 2.05) is 32.0 Å². The fraction of sp³-hybridized carbons (Fsp3) is 0.278. The first-order chi connectivity index (χ1) is 11.6. The predicted octanol–water partition coefficient (Wildman–Crippen LogP) is 3.90. The van der Waals surface area contributed by atoms with E-state index < -0.39 is 15.9 Å². The van der Waals surface area contributed by atoms with Gasteiger partial charge in [-0.25, -0.2) is 13.1 Å². The van der Waals surface area contributed by atoms with Crippen molar-refractivity contribution in [3.8, 4) is 0 Å². The molecule has 7 heteroatoms. The molecule has 0 atom stereocenters. The van der Waals surface area contributed by atoms with Gasteiger partial charge >= 0.3 is 0 Å². The third kappa shape index (κ3) is 5.04. The lowest BCUT2D eigenvalue weighted by molar-refractivity contribution is 0.102. The standard InChI is InChI=1S/C18H21ClN2O3S/c1-11(2)21-25(23,24)15-5-6-17(19)16(10-15)18(22)20-14-8-12(3)7-13(4)9-14/h5-11,21H,1-4H3,(H,20,22). The van der Waals surface area contributed by atoms with Crippen LogP contribution in [0.25, 0.3) is 0 Å². The smallest absolute Gasteiger partial charge is 0.257 e. The van der Waals surface area contributed by atoms with E-state index in [-0.39, 0.29) is 21.5 Å². The van der Waals surface area contributed by atoms with Crippen LogP contribution in [0.3, 0.4) is 0 Å². The third-order valence-electron chi connectivity index (χ3n) is 3.36. The summed E-state index contributed by atoms with van der Waals surface area (Å²) in [5.74, 6) is -0.461. The molecule has 0 aliphatic heterocycles. The van der Waals surface area contributed by atoms with Crippen molar-refractivity contribution >= 4 is 33.2 Å². The van der Waals surface area contributed by atoms with Gasteiger partial charge in [-0.05, 0) is 69.2 Å². The van der Waals surface area contributed by atoms with E-state index in [0.717, 1.165) is 11.1 Å². The molecule has 0 aromatic heterocycles. The number of sulfonamides is 1. The number of anilines is 1. The molecule has 0 fully saturated rings. The van der Waals surface area contributed by atoms with Crippen LogP contribution in [0.5, 0.6) is 0 Å². The van der Waals surface area contributed by atoms with Crippen LogP contribution in [-0.2, 0) is 10.0 Å². The van der Waals surface area contributed by atoms with Gasteiger partial charge in [0, 0.05) is 11.7 Å². The van der Waals surface area contributed by atoms with Crippen LogP contribution in [0, 0.1) is 13.8 Å². The molecule has 1 amide bonds. The summed E-state index contributed by atoms with van der Waals surface area (Å²) in [6.45, 7) is 7.31. The Hall–Kier alpha value is -1.89. The first-order valence-electron chi connectivity index (χ1n) is 7.80. The summed E-state index contributed by atoms with van der Waals surface area (Å²) in [5.41, 5.74) is 2.76. The topological polar surface area (TPSA) is 75.3 Å². The minimum absolute atomic E-state index is 0.00354. The lowest BCUT2D eigenvalue weighted by atomic mass is 10.1. The van der Waals surface area contributed by atoms with Gasteiger partial charge in [0.1, 0.15) is 0 Å². The highest BCUT2D eigenvalue weighted by Gasteiger charge is 2.19. The lowest BCUT2D eigenvalue weighted by Crippen LogP contribution is -2.30. The van der Waals surface area contributed by atoms with Crippen LogP contribution in [0.4, 0.5) is 5.69 Å². The van der Waals surface area contributed by atoms with E-state index in [1.54, 1.807) is 13.8 Å². The van der Waals surface area contributed by atoms with Gasteiger partial charge in [-0.3, -0.25) is 4.79 Å². The minimum Gasteiger partial charge on any atom is -0.322 e. The number of carbonyl (C=O) groups is 1. The van der Waals surface area contributed by atoms with Crippen molar-refractivity contribution in [2.24, 2.45) is 0 Å². The van der Waals surface area contributed by atoms with Crippen LogP contribution >= 0.6 is 11.6 Å². The monoisotopic (exact) mass is 380 g/mol. The number of hydrogen-bond acceptors (Lipinski definition) is 3. The zero-order valence-electron chi connectivity index (χ0n) is 14.6. The summed E-state index contributed by atoms with van der Waals surface area (Å²) < 4.78 is 27.1. The van der Waals surface area contributed by atoms with Crippen molar-refractivity contribution in [3.63, 3.8) is 0 Å². The van der Waals surface area contributed by atoms with Crippen LogP contribution < -0.4 is 10.0 Å². The normalized spacial score (nSPS) is 11.6. The summed E-state index contributed by atoms with van der Waals surface area (Å²) in [7, 11) is -3.71. The molecule has 134 valence electrons. The van der Waals surface area contributed by atoms with Crippen molar-refractivity contribution < 1.29 is 13.2 Å². The number of rotatable bonds is 5. The predicted molar refractivity (Wildman–Crippen MR) is 101 cm³/mol. The average molecular weight is 381 g/mol. The highest BCUT2D eigenvalue weighted by Crippen LogP contribution is 2.23. The second kappa shape index (κ2) is 7.56. The summed E-state index contributed by atoms with van der Waals surface area (Å²) in [6, 6.07) is 9.47.